The zero-order valence-corrected chi connectivity index (χ0v) is 24.6. The molecule has 2 bridgehead atoms. The van der Waals surface area contributed by atoms with Gasteiger partial charge in [0.25, 0.3) is 0 Å². The number of hydrogen-bond donors (Lipinski definition) is 0. The molecule has 39 heavy (non-hydrogen) atoms. The zero-order valence-electron chi connectivity index (χ0n) is 23.0. The molecule has 4 atom stereocenters. The summed E-state index contributed by atoms with van der Waals surface area (Å²) < 4.78 is 69.1. The lowest BCUT2D eigenvalue weighted by Crippen LogP contribution is -2.50. The van der Waals surface area contributed by atoms with Crippen LogP contribution in [0.5, 0.6) is 11.5 Å². The number of aromatic nitrogens is 1. The van der Waals surface area contributed by atoms with Gasteiger partial charge in [-0.05, 0) is 87.8 Å². The first-order chi connectivity index (χ1) is 18.6. The topological polar surface area (TPSA) is 106 Å². The minimum atomic E-state index is -3.70. The van der Waals surface area contributed by atoms with Gasteiger partial charge >= 0.3 is 0 Å². The third kappa shape index (κ3) is 5.82. The summed E-state index contributed by atoms with van der Waals surface area (Å²) in [5.74, 6) is 1.44. The molecule has 3 fully saturated rings. The maximum Gasteiger partial charge on any atom is 0.243 e. The number of ether oxygens (including phenoxy) is 2. The minimum absolute atomic E-state index is 0.00142. The van der Waals surface area contributed by atoms with Crippen LogP contribution < -0.4 is 9.47 Å². The van der Waals surface area contributed by atoms with E-state index in [0.29, 0.717) is 54.0 Å². The Bertz CT molecular complexity index is 1350. The molecule has 0 unspecified atom stereocenters. The SMILES string of the molecule is COc1cc(C)c(S(=O)(=O)N2CCC[C@H]2CCCS(=O)(=O)N2[C@@H]3CC[C@H]2C[C@H](Oc2ccncc2)C3)c(C)c1. The van der Waals surface area contributed by atoms with Crippen molar-refractivity contribution in [3.05, 3.63) is 47.8 Å². The van der Waals surface area contributed by atoms with E-state index >= 15 is 0 Å². The Hall–Kier alpha value is -2.21. The Labute approximate surface area is 232 Å². The molecule has 3 aliphatic rings. The molecule has 2 aromatic rings. The van der Waals surface area contributed by atoms with Crippen LogP contribution in [-0.2, 0) is 20.0 Å². The number of methoxy groups -OCH3 is 1. The lowest BCUT2D eigenvalue weighted by Gasteiger charge is -2.38. The van der Waals surface area contributed by atoms with Gasteiger partial charge < -0.3 is 9.47 Å². The molecule has 3 aliphatic heterocycles. The number of sulfonamides is 2. The van der Waals surface area contributed by atoms with E-state index in [1.807, 2.05) is 12.1 Å². The van der Waals surface area contributed by atoms with Gasteiger partial charge in [-0.1, -0.05) is 0 Å². The third-order valence-corrected chi connectivity index (χ3v) is 12.7. The predicted octanol–water partition coefficient (Wildman–Crippen LogP) is 4.04. The predicted molar refractivity (Wildman–Crippen MR) is 149 cm³/mol. The molecule has 0 N–H and O–H groups in total. The fourth-order valence-electron chi connectivity index (χ4n) is 6.82. The van der Waals surface area contributed by atoms with Crippen LogP contribution in [0.4, 0.5) is 0 Å². The average molecular weight is 578 g/mol. The van der Waals surface area contributed by atoms with Crippen LogP contribution in [0.25, 0.3) is 0 Å². The summed E-state index contributed by atoms with van der Waals surface area (Å²) in [6.45, 7) is 4.04. The van der Waals surface area contributed by atoms with Crippen LogP contribution in [0.15, 0.2) is 41.6 Å². The van der Waals surface area contributed by atoms with Crippen molar-refractivity contribution in [3.63, 3.8) is 0 Å². The summed E-state index contributed by atoms with van der Waals surface area (Å²) >= 11 is 0. The summed E-state index contributed by atoms with van der Waals surface area (Å²) in [5.41, 5.74) is 1.32. The number of piperidine rings is 1. The van der Waals surface area contributed by atoms with Crippen molar-refractivity contribution >= 4 is 20.0 Å². The number of fused-ring (bicyclic) bond motifs is 2. The first-order valence-corrected chi connectivity index (χ1v) is 16.9. The number of rotatable bonds is 10. The van der Waals surface area contributed by atoms with Gasteiger partial charge in [-0.3, -0.25) is 4.98 Å². The monoisotopic (exact) mass is 577 g/mol. The molecular formula is C28H39N3O6S2. The van der Waals surface area contributed by atoms with E-state index < -0.39 is 20.0 Å². The normalized spacial score (nSPS) is 26.1. The molecule has 1 aromatic heterocycles. The second-order valence-corrected chi connectivity index (χ2v) is 14.9. The lowest BCUT2D eigenvalue weighted by molar-refractivity contribution is 0.0956. The van der Waals surface area contributed by atoms with E-state index in [1.165, 1.54) is 0 Å². The van der Waals surface area contributed by atoms with E-state index in [1.54, 1.807) is 54.1 Å². The average Bonchev–Trinajstić information content (AvgIpc) is 3.47. The smallest absolute Gasteiger partial charge is 0.243 e. The molecule has 214 valence electrons. The number of aryl methyl sites for hydroxylation is 2. The highest BCUT2D eigenvalue weighted by Gasteiger charge is 2.47. The maximum absolute atomic E-state index is 13.7. The maximum atomic E-state index is 13.7. The quantitative estimate of drug-likeness (QED) is 0.420. The first kappa shape index (κ1) is 28.3. The second-order valence-electron chi connectivity index (χ2n) is 11.1. The van der Waals surface area contributed by atoms with Crippen LogP contribution in [0.1, 0.15) is 62.5 Å². The molecule has 5 rings (SSSR count). The largest absolute Gasteiger partial charge is 0.497 e. The van der Waals surface area contributed by atoms with Gasteiger partial charge in [-0.15, -0.1) is 0 Å². The minimum Gasteiger partial charge on any atom is -0.497 e. The molecule has 0 saturated carbocycles. The Morgan fingerprint density at radius 3 is 2.21 bits per heavy atom. The molecule has 11 heteroatoms. The highest BCUT2D eigenvalue weighted by atomic mass is 32.2. The van der Waals surface area contributed by atoms with Gasteiger partial charge in [0.2, 0.25) is 20.0 Å². The number of pyridine rings is 1. The van der Waals surface area contributed by atoms with Crippen LogP contribution >= 0.6 is 0 Å². The Kier molecular flexibility index (Phi) is 8.24. The van der Waals surface area contributed by atoms with Gasteiger partial charge in [0, 0.05) is 49.9 Å². The van der Waals surface area contributed by atoms with Crippen LogP contribution in [0.2, 0.25) is 0 Å². The number of nitrogens with zero attached hydrogens (tertiary/aromatic N) is 3. The molecule has 9 nitrogen and oxygen atoms in total. The molecule has 0 radical (unpaired) electrons. The summed E-state index contributed by atoms with van der Waals surface area (Å²) in [6, 6.07) is 6.88. The number of hydrogen-bond acceptors (Lipinski definition) is 7. The molecule has 1 aromatic carbocycles. The summed E-state index contributed by atoms with van der Waals surface area (Å²) in [5, 5.41) is 0. The molecule has 0 amide bonds. The zero-order chi connectivity index (χ0) is 27.8. The molecule has 0 aliphatic carbocycles. The van der Waals surface area contributed by atoms with Crippen molar-refractivity contribution in [2.45, 2.75) is 94.3 Å². The van der Waals surface area contributed by atoms with Crippen molar-refractivity contribution in [3.8, 4) is 11.5 Å². The van der Waals surface area contributed by atoms with E-state index in [4.69, 9.17) is 9.47 Å². The van der Waals surface area contributed by atoms with Crippen molar-refractivity contribution in [2.24, 2.45) is 0 Å². The molecule has 0 spiro atoms. The summed E-state index contributed by atoms with van der Waals surface area (Å²) in [6.07, 6.45) is 8.97. The van der Waals surface area contributed by atoms with E-state index in [9.17, 15) is 16.8 Å². The van der Waals surface area contributed by atoms with Crippen molar-refractivity contribution in [1.29, 1.82) is 0 Å². The highest BCUT2D eigenvalue weighted by Crippen LogP contribution is 2.40. The fraction of sp³-hybridized carbons (Fsp3) is 0.607. The second kappa shape index (κ2) is 11.3. The van der Waals surface area contributed by atoms with Gasteiger partial charge in [-0.2, -0.15) is 8.61 Å². The summed E-state index contributed by atoms with van der Waals surface area (Å²) in [7, 11) is -5.58. The Morgan fingerprint density at radius 1 is 0.949 bits per heavy atom. The molecular weight excluding hydrogens is 538 g/mol. The van der Waals surface area contributed by atoms with Crippen LogP contribution in [0.3, 0.4) is 0 Å². The van der Waals surface area contributed by atoms with E-state index in [-0.39, 0.29) is 30.0 Å². The standard InChI is InChI=1S/C28H39N3O6S2/c1-20-16-26(36-3)17-21(2)28(20)39(34,35)30-14-4-6-22(30)7-5-15-38(32,33)31-23-8-9-24(31)19-27(18-23)37-25-10-12-29-13-11-25/h10-13,16-17,22-24,27H,4-9,14-15,18-19H2,1-3H3/t22-,23-,24+,27-/m0/s1. The van der Waals surface area contributed by atoms with Gasteiger partial charge in [0.1, 0.15) is 17.6 Å². The van der Waals surface area contributed by atoms with Crippen LogP contribution in [-0.4, -0.2) is 74.1 Å². The van der Waals surface area contributed by atoms with Gasteiger partial charge in [0.15, 0.2) is 0 Å². The highest BCUT2D eigenvalue weighted by molar-refractivity contribution is 7.89. The fourth-order valence-corrected chi connectivity index (χ4v) is 11.0. The third-order valence-electron chi connectivity index (χ3n) is 8.40. The van der Waals surface area contributed by atoms with E-state index in [2.05, 4.69) is 4.98 Å². The Morgan fingerprint density at radius 2 is 1.59 bits per heavy atom. The van der Waals surface area contributed by atoms with Crippen molar-refractivity contribution in [2.75, 3.05) is 19.4 Å². The van der Waals surface area contributed by atoms with E-state index in [0.717, 1.165) is 31.4 Å². The van der Waals surface area contributed by atoms with Crippen molar-refractivity contribution in [1.82, 2.24) is 13.6 Å². The molecule has 3 saturated heterocycles. The lowest BCUT2D eigenvalue weighted by atomic mass is 10.0. The Balaban J connectivity index is 1.20. The van der Waals surface area contributed by atoms with Crippen LogP contribution in [0, 0.1) is 13.8 Å². The summed E-state index contributed by atoms with van der Waals surface area (Å²) in [4.78, 5) is 4.35. The molecule has 4 heterocycles. The number of benzene rings is 1. The first-order valence-electron chi connectivity index (χ1n) is 13.8. The van der Waals surface area contributed by atoms with Crippen molar-refractivity contribution < 1.29 is 26.3 Å². The van der Waals surface area contributed by atoms with Gasteiger partial charge in [0.05, 0.1) is 17.8 Å². The van der Waals surface area contributed by atoms with Gasteiger partial charge in [-0.25, -0.2) is 16.8 Å².